The highest BCUT2D eigenvalue weighted by atomic mass is 35.5. The SMILES string of the molecule is N#CC[C@H](CNc1ncc(C(F)(F)F)cc1Cl)OC(=O)c1ccco1. The molecule has 0 aliphatic rings. The van der Waals surface area contributed by atoms with Gasteiger partial charge in [0.05, 0.1) is 35.9 Å². The van der Waals surface area contributed by atoms with E-state index in [1.165, 1.54) is 18.4 Å². The molecule has 0 unspecified atom stereocenters. The number of ether oxygens (including phenoxy) is 1. The van der Waals surface area contributed by atoms with Crippen LogP contribution in [0.2, 0.25) is 5.02 Å². The van der Waals surface area contributed by atoms with Crippen molar-refractivity contribution in [2.75, 3.05) is 11.9 Å². The van der Waals surface area contributed by atoms with E-state index in [1.54, 1.807) is 0 Å². The number of rotatable bonds is 6. The van der Waals surface area contributed by atoms with E-state index < -0.39 is 23.8 Å². The van der Waals surface area contributed by atoms with Crippen LogP contribution in [0.5, 0.6) is 0 Å². The summed E-state index contributed by atoms with van der Waals surface area (Å²) in [7, 11) is 0. The molecule has 0 bridgehead atoms. The molecule has 1 atom stereocenters. The molecule has 6 nitrogen and oxygen atoms in total. The minimum Gasteiger partial charge on any atom is -0.457 e. The normalized spacial score (nSPS) is 12.3. The highest BCUT2D eigenvalue weighted by Gasteiger charge is 2.31. The van der Waals surface area contributed by atoms with E-state index in [9.17, 15) is 18.0 Å². The average molecular weight is 374 g/mol. The Labute approximate surface area is 145 Å². The smallest absolute Gasteiger partial charge is 0.417 e. The Hall–Kier alpha value is -2.73. The maximum atomic E-state index is 12.6. The van der Waals surface area contributed by atoms with Gasteiger partial charge in [0.15, 0.2) is 0 Å². The summed E-state index contributed by atoms with van der Waals surface area (Å²) in [5, 5.41) is 11.2. The number of hydrogen-bond donors (Lipinski definition) is 1. The van der Waals surface area contributed by atoms with Crippen LogP contribution in [0, 0.1) is 11.3 Å². The summed E-state index contributed by atoms with van der Waals surface area (Å²) in [5.74, 6) is -0.821. The zero-order chi connectivity index (χ0) is 18.4. The Morgan fingerprint density at radius 2 is 2.28 bits per heavy atom. The number of esters is 1. The van der Waals surface area contributed by atoms with Gasteiger partial charge in [-0.1, -0.05) is 11.6 Å². The van der Waals surface area contributed by atoms with Crippen molar-refractivity contribution in [2.45, 2.75) is 18.7 Å². The molecule has 0 amide bonds. The molecule has 0 spiro atoms. The topological polar surface area (TPSA) is 88.1 Å². The molecule has 1 N–H and O–H groups in total. The summed E-state index contributed by atoms with van der Waals surface area (Å²) in [6.07, 6.45) is -3.65. The van der Waals surface area contributed by atoms with E-state index in [0.29, 0.717) is 6.20 Å². The van der Waals surface area contributed by atoms with E-state index >= 15 is 0 Å². The molecule has 0 radical (unpaired) electrons. The van der Waals surface area contributed by atoms with Crippen LogP contribution in [0.3, 0.4) is 0 Å². The number of pyridine rings is 1. The number of alkyl halides is 3. The van der Waals surface area contributed by atoms with Gasteiger partial charge in [-0.2, -0.15) is 18.4 Å². The average Bonchev–Trinajstić information content (AvgIpc) is 3.07. The second-order valence-electron chi connectivity index (χ2n) is 4.80. The van der Waals surface area contributed by atoms with Gasteiger partial charge in [-0.25, -0.2) is 9.78 Å². The molecular formula is C15H11ClF3N3O3. The Morgan fingerprint density at radius 1 is 1.52 bits per heavy atom. The molecular weight excluding hydrogens is 363 g/mol. The van der Waals surface area contributed by atoms with Gasteiger partial charge in [-0.3, -0.25) is 0 Å². The van der Waals surface area contributed by atoms with Gasteiger partial charge in [-0.05, 0) is 18.2 Å². The second kappa shape index (κ2) is 7.90. The molecule has 132 valence electrons. The molecule has 0 aliphatic heterocycles. The molecule has 0 aromatic carbocycles. The third-order valence-corrected chi connectivity index (χ3v) is 3.27. The number of nitrogens with one attached hydrogen (secondary N) is 1. The number of nitriles is 1. The number of carbonyl (C=O) groups is 1. The van der Waals surface area contributed by atoms with Gasteiger partial charge in [0.2, 0.25) is 5.76 Å². The van der Waals surface area contributed by atoms with Crippen molar-refractivity contribution < 1.29 is 27.1 Å². The molecule has 25 heavy (non-hydrogen) atoms. The van der Waals surface area contributed by atoms with Crippen LogP contribution in [0.15, 0.2) is 35.1 Å². The Bertz CT molecular complexity index is 773. The molecule has 10 heteroatoms. The number of anilines is 1. The van der Waals surface area contributed by atoms with Crippen molar-refractivity contribution in [2.24, 2.45) is 0 Å². The lowest BCUT2D eigenvalue weighted by molar-refractivity contribution is -0.137. The first-order valence-corrected chi connectivity index (χ1v) is 7.27. The predicted octanol–water partition coefficient (Wildman–Crippen LogP) is 3.90. The summed E-state index contributed by atoms with van der Waals surface area (Å²) in [6.45, 7) is -0.0713. The van der Waals surface area contributed by atoms with Gasteiger partial charge in [0.25, 0.3) is 0 Å². The lowest BCUT2D eigenvalue weighted by atomic mass is 10.2. The molecule has 2 heterocycles. The van der Waals surface area contributed by atoms with Crippen LogP contribution in [0.4, 0.5) is 19.0 Å². The van der Waals surface area contributed by atoms with Crippen LogP contribution >= 0.6 is 11.6 Å². The van der Waals surface area contributed by atoms with E-state index in [4.69, 9.17) is 26.0 Å². The fourth-order valence-electron chi connectivity index (χ4n) is 1.80. The van der Waals surface area contributed by atoms with Crippen molar-refractivity contribution in [1.82, 2.24) is 4.98 Å². The number of halogens is 4. The minimum atomic E-state index is -4.56. The molecule has 2 rings (SSSR count). The predicted molar refractivity (Wildman–Crippen MR) is 80.9 cm³/mol. The van der Waals surface area contributed by atoms with Gasteiger partial charge >= 0.3 is 12.1 Å². The number of aromatic nitrogens is 1. The highest BCUT2D eigenvalue weighted by Crippen LogP contribution is 2.32. The van der Waals surface area contributed by atoms with Crippen LogP contribution in [-0.2, 0) is 10.9 Å². The van der Waals surface area contributed by atoms with E-state index in [1.807, 2.05) is 6.07 Å². The standard InChI is InChI=1S/C15H11ClF3N3O3/c16-11-6-9(15(17,18)19)7-21-13(11)22-8-10(3-4-20)25-14(23)12-2-1-5-24-12/h1-2,5-7,10H,3,8H2,(H,21,22)/t10-/m1/s1. The Kier molecular flexibility index (Phi) is 5.88. The number of hydrogen-bond acceptors (Lipinski definition) is 6. The maximum Gasteiger partial charge on any atom is 0.417 e. The fraction of sp³-hybridized carbons (Fsp3) is 0.267. The highest BCUT2D eigenvalue weighted by molar-refractivity contribution is 6.32. The maximum absolute atomic E-state index is 12.6. The molecule has 0 saturated heterocycles. The largest absolute Gasteiger partial charge is 0.457 e. The first-order chi connectivity index (χ1) is 11.8. The van der Waals surface area contributed by atoms with Crippen molar-refractivity contribution in [3.63, 3.8) is 0 Å². The summed E-state index contributed by atoms with van der Waals surface area (Å²) in [6, 6.07) is 5.47. The zero-order valence-electron chi connectivity index (χ0n) is 12.5. The third-order valence-electron chi connectivity index (χ3n) is 2.98. The molecule has 2 aromatic rings. The zero-order valence-corrected chi connectivity index (χ0v) is 13.3. The molecule has 0 fully saturated rings. The van der Waals surface area contributed by atoms with Crippen LogP contribution < -0.4 is 5.32 Å². The first-order valence-electron chi connectivity index (χ1n) is 6.89. The monoisotopic (exact) mass is 373 g/mol. The Morgan fingerprint density at radius 3 is 2.84 bits per heavy atom. The van der Waals surface area contributed by atoms with Crippen molar-refractivity contribution in [1.29, 1.82) is 5.26 Å². The summed E-state index contributed by atoms with van der Waals surface area (Å²) >= 11 is 5.77. The van der Waals surface area contributed by atoms with Crippen LogP contribution in [0.1, 0.15) is 22.5 Å². The van der Waals surface area contributed by atoms with Crippen LogP contribution in [-0.4, -0.2) is 23.6 Å². The molecule has 2 aromatic heterocycles. The molecule has 0 aliphatic carbocycles. The van der Waals surface area contributed by atoms with Crippen molar-refractivity contribution >= 4 is 23.4 Å². The summed E-state index contributed by atoms with van der Waals surface area (Å²) < 4.78 is 47.7. The van der Waals surface area contributed by atoms with E-state index in [-0.39, 0.29) is 29.6 Å². The van der Waals surface area contributed by atoms with E-state index in [2.05, 4.69) is 10.3 Å². The Balaban J connectivity index is 2.01. The first kappa shape index (κ1) is 18.6. The third kappa shape index (κ3) is 5.12. The van der Waals surface area contributed by atoms with Gasteiger partial charge in [0, 0.05) is 6.20 Å². The number of carbonyl (C=O) groups excluding carboxylic acids is 1. The van der Waals surface area contributed by atoms with Gasteiger partial charge < -0.3 is 14.5 Å². The summed E-state index contributed by atoms with van der Waals surface area (Å²) in [4.78, 5) is 15.4. The van der Waals surface area contributed by atoms with E-state index in [0.717, 1.165) is 6.07 Å². The van der Waals surface area contributed by atoms with Gasteiger partial charge in [-0.15, -0.1) is 0 Å². The minimum absolute atomic E-state index is 0.0216. The lowest BCUT2D eigenvalue weighted by Gasteiger charge is -2.16. The molecule has 0 saturated carbocycles. The lowest BCUT2D eigenvalue weighted by Crippen LogP contribution is -2.26. The van der Waals surface area contributed by atoms with Gasteiger partial charge in [0.1, 0.15) is 11.9 Å². The number of nitrogens with zero attached hydrogens (tertiary/aromatic N) is 2. The van der Waals surface area contributed by atoms with Crippen LogP contribution in [0.25, 0.3) is 0 Å². The second-order valence-corrected chi connectivity index (χ2v) is 5.21. The fourth-order valence-corrected chi connectivity index (χ4v) is 2.03. The van der Waals surface area contributed by atoms with Crippen molar-refractivity contribution in [3.8, 4) is 6.07 Å². The summed E-state index contributed by atoms with van der Waals surface area (Å²) in [5.41, 5.74) is -0.985. The quantitative estimate of drug-likeness (QED) is 0.773. The number of furan rings is 1. The van der Waals surface area contributed by atoms with Crippen molar-refractivity contribution in [3.05, 3.63) is 47.0 Å².